The summed E-state index contributed by atoms with van der Waals surface area (Å²) in [7, 11) is 0. The number of aliphatic hydroxyl groups is 1. The number of aromatic nitrogens is 2. The summed E-state index contributed by atoms with van der Waals surface area (Å²) in [5.41, 5.74) is 5.05. The van der Waals surface area contributed by atoms with Crippen LogP contribution in [0.2, 0.25) is 0 Å². The molecule has 6 nitrogen and oxygen atoms in total. The van der Waals surface area contributed by atoms with Crippen molar-refractivity contribution in [2.24, 2.45) is 0 Å². The second-order valence-corrected chi connectivity index (χ2v) is 9.26. The van der Waals surface area contributed by atoms with Crippen LogP contribution in [0, 0.1) is 20.8 Å². The van der Waals surface area contributed by atoms with Crippen molar-refractivity contribution in [2.45, 2.75) is 26.8 Å². The Morgan fingerprint density at radius 3 is 2.48 bits per heavy atom. The molecule has 0 saturated carbocycles. The van der Waals surface area contributed by atoms with Gasteiger partial charge in [0.2, 0.25) is 0 Å². The van der Waals surface area contributed by atoms with E-state index in [4.69, 9.17) is 4.98 Å². The van der Waals surface area contributed by atoms with Crippen molar-refractivity contribution in [3.05, 3.63) is 94.3 Å². The number of Topliss-reactive ketones (excluding diaryl/α,β-unsaturated/α-hetero) is 1. The highest BCUT2D eigenvalue weighted by atomic mass is 32.1. The van der Waals surface area contributed by atoms with E-state index in [0.29, 0.717) is 16.3 Å². The van der Waals surface area contributed by atoms with Gasteiger partial charge in [-0.3, -0.25) is 19.5 Å². The lowest BCUT2D eigenvalue weighted by molar-refractivity contribution is -0.132. The lowest BCUT2D eigenvalue weighted by atomic mass is 9.96. The SMILES string of the molecule is Cc1ccc(/C(O)=C2\C(=O)C(=O)N(c3nc4c(C)cc(C)cc4s3)C2c2cccnc2)cc1. The first-order valence-electron chi connectivity index (χ1n) is 10.5. The second-order valence-electron chi connectivity index (χ2n) is 8.25. The maximum Gasteiger partial charge on any atom is 0.301 e. The normalized spacial score (nSPS) is 17.8. The van der Waals surface area contributed by atoms with Crippen molar-refractivity contribution >= 4 is 44.1 Å². The maximum atomic E-state index is 13.3. The number of carbonyl (C=O) groups is 2. The van der Waals surface area contributed by atoms with Crippen molar-refractivity contribution < 1.29 is 14.7 Å². The lowest BCUT2D eigenvalue weighted by Crippen LogP contribution is -2.29. The molecule has 2 aromatic heterocycles. The molecule has 1 saturated heterocycles. The Morgan fingerprint density at radius 1 is 1.03 bits per heavy atom. The molecule has 0 spiro atoms. The van der Waals surface area contributed by atoms with Gasteiger partial charge in [-0.15, -0.1) is 0 Å². The summed E-state index contributed by atoms with van der Waals surface area (Å²) in [6.45, 7) is 5.92. The zero-order valence-corrected chi connectivity index (χ0v) is 19.2. The Hall–Kier alpha value is -3.84. The van der Waals surface area contributed by atoms with Gasteiger partial charge in [0.25, 0.3) is 5.78 Å². The molecular weight excluding hydrogens is 434 g/mol. The molecular formula is C26H21N3O3S. The Bertz CT molecular complexity index is 1440. The number of amides is 1. The summed E-state index contributed by atoms with van der Waals surface area (Å²) in [6, 6.07) is 13.9. The minimum atomic E-state index is -0.832. The van der Waals surface area contributed by atoms with Gasteiger partial charge in [-0.2, -0.15) is 0 Å². The predicted octanol–water partition coefficient (Wildman–Crippen LogP) is 5.24. The van der Waals surface area contributed by atoms with Gasteiger partial charge in [0.15, 0.2) is 5.13 Å². The Morgan fingerprint density at radius 2 is 1.79 bits per heavy atom. The number of hydrogen-bond donors (Lipinski definition) is 1. The van der Waals surface area contributed by atoms with E-state index >= 15 is 0 Å². The molecule has 7 heteroatoms. The molecule has 3 heterocycles. The van der Waals surface area contributed by atoms with E-state index in [0.717, 1.165) is 26.9 Å². The molecule has 4 aromatic rings. The minimum absolute atomic E-state index is 0.0315. The molecule has 1 amide bonds. The van der Waals surface area contributed by atoms with Gasteiger partial charge < -0.3 is 5.11 Å². The van der Waals surface area contributed by atoms with E-state index in [1.165, 1.54) is 16.2 Å². The van der Waals surface area contributed by atoms with Gasteiger partial charge in [0, 0.05) is 18.0 Å². The quantitative estimate of drug-likeness (QED) is 0.259. The molecule has 0 radical (unpaired) electrons. The van der Waals surface area contributed by atoms with E-state index < -0.39 is 17.7 Å². The number of rotatable bonds is 3. The number of carbonyl (C=O) groups excluding carboxylic acids is 2. The Kier molecular flexibility index (Phi) is 5.06. The largest absolute Gasteiger partial charge is 0.507 e. The number of aliphatic hydroxyl groups excluding tert-OH is 1. The first kappa shape index (κ1) is 21.0. The molecule has 1 unspecified atom stereocenters. The van der Waals surface area contributed by atoms with Gasteiger partial charge in [0.1, 0.15) is 5.76 Å². The molecule has 5 rings (SSSR count). The van der Waals surface area contributed by atoms with E-state index in [9.17, 15) is 14.7 Å². The number of nitrogens with zero attached hydrogens (tertiary/aromatic N) is 3. The number of fused-ring (bicyclic) bond motifs is 1. The molecule has 1 N–H and O–H groups in total. The first-order chi connectivity index (χ1) is 15.8. The fraction of sp³-hybridized carbons (Fsp3) is 0.154. The molecule has 0 bridgehead atoms. The maximum absolute atomic E-state index is 13.3. The summed E-state index contributed by atoms with van der Waals surface area (Å²) >= 11 is 1.36. The minimum Gasteiger partial charge on any atom is -0.507 e. The van der Waals surface area contributed by atoms with Crippen LogP contribution in [0.4, 0.5) is 5.13 Å². The summed E-state index contributed by atoms with van der Waals surface area (Å²) in [5, 5.41) is 11.6. The van der Waals surface area contributed by atoms with E-state index in [2.05, 4.69) is 4.98 Å². The van der Waals surface area contributed by atoms with E-state index in [1.807, 2.05) is 45.0 Å². The summed E-state index contributed by atoms with van der Waals surface area (Å²) in [4.78, 5) is 36.8. The topological polar surface area (TPSA) is 83.4 Å². The fourth-order valence-corrected chi connectivity index (χ4v) is 5.38. The summed E-state index contributed by atoms with van der Waals surface area (Å²) < 4.78 is 0.938. The number of ketones is 1. The average molecular weight is 456 g/mol. The van der Waals surface area contributed by atoms with Gasteiger partial charge >= 0.3 is 5.91 Å². The number of pyridine rings is 1. The number of hydrogen-bond acceptors (Lipinski definition) is 6. The summed E-state index contributed by atoms with van der Waals surface area (Å²) in [5.74, 6) is -1.67. The zero-order valence-electron chi connectivity index (χ0n) is 18.4. The third-order valence-electron chi connectivity index (χ3n) is 5.79. The van der Waals surface area contributed by atoms with Crippen LogP contribution in [-0.2, 0) is 9.59 Å². The monoisotopic (exact) mass is 455 g/mol. The zero-order chi connectivity index (χ0) is 23.3. The second kappa shape index (κ2) is 7.94. The van der Waals surface area contributed by atoms with E-state index in [-0.39, 0.29) is 11.3 Å². The molecule has 1 atom stereocenters. The predicted molar refractivity (Wildman–Crippen MR) is 129 cm³/mol. The third kappa shape index (κ3) is 3.50. The Labute approximate surface area is 194 Å². The molecule has 164 valence electrons. The van der Waals surface area contributed by atoms with Crippen molar-refractivity contribution in [1.29, 1.82) is 0 Å². The van der Waals surface area contributed by atoms with Crippen LogP contribution in [-0.4, -0.2) is 26.8 Å². The van der Waals surface area contributed by atoms with Gasteiger partial charge in [-0.05, 0) is 49.6 Å². The lowest BCUT2D eigenvalue weighted by Gasteiger charge is -2.22. The highest BCUT2D eigenvalue weighted by Crippen LogP contribution is 2.44. The smallest absolute Gasteiger partial charge is 0.301 e. The number of aryl methyl sites for hydroxylation is 3. The average Bonchev–Trinajstić information content (AvgIpc) is 3.33. The van der Waals surface area contributed by atoms with Gasteiger partial charge in [-0.25, -0.2) is 4.98 Å². The van der Waals surface area contributed by atoms with Crippen LogP contribution in [0.1, 0.15) is 33.9 Å². The third-order valence-corrected chi connectivity index (χ3v) is 6.80. The standard InChI is InChI=1S/C26H21N3O3S/c1-14-6-8-17(9-7-14)23(30)20-22(18-5-4-10-27-13-18)29(25(32)24(20)31)26-28-21-16(3)11-15(2)12-19(21)33-26/h4-13,22,30H,1-3H3/b23-20+. The van der Waals surface area contributed by atoms with Crippen molar-refractivity contribution in [1.82, 2.24) is 9.97 Å². The highest BCUT2D eigenvalue weighted by Gasteiger charge is 2.48. The van der Waals surface area contributed by atoms with E-state index in [1.54, 1.807) is 36.7 Å². The molecule has 1 aliphatic heterocycles. The number of anilines is 1. The van der Waals surface area contributed by atoms with Crippen molar-refractivity contribution in [2.75, 3.05) is 4.90 Å². The van der Waals surface area contributed by atoms with Crippen LogP contribution < -0.4 is 4.90 Å². The molecule has 33 heavy (non-hydrogen) atoms. The Balaban J connectivity index is 1.73. The van der Waals surface area contributed by atoms with Gasteiger partial charge in [-0.1, -0.05) is 53.3 Å². The molecule has 1 fully saturated rings. The van der Waals surface area contributed by atoms with Crippen LogP contribution in [0.15, 0.2) is 66.5 Å². The van der Waals surface area contributed by atoms with Crippen LogP contribution in [0.5, 0.6) is 0 Å². The first-order valence-corrected chi connectivity index (χ1v) is 11.3. The summed E-state index contributed by atoms with van der Waals surface area (Å²) in [6.07, 6.45) is 3.23. The number of thiazole rings is 1. The van der Waals surface area contributed by atoms with Crippen molar-refractivity contribution in [3.8, 4) is 0 Å². The van der Waals surface area contributed by atoms with Crippen molar-refractivity contribution in [3.63, 3.8) is 0 Å². The fourth-order valence-electron chi connectivity index (χ4n) is 4.21. The number of benzene rings is 2. The van der Waals surface area contributed by atoms with Crippen LogP contribution in [0.3, 0.4) is 0 Å². The molecule has 2 aromatic carbocycles. The van der Waals surface area contributed by atoms with Gasteiger partial charge in [0.05, 0.1) is 21.8 Å². The molecule has 0 aliphatic carbocycles. The molecule has 1 aliphatic rings. The van der Waals surface area contributed by atoms with Crippen LogP contribution in [0.25, 0.3) is 16.0 Å². The van der Waals surface area contributed by atoms with Crippen LogP contribution >= 0.6 is 11.3 Å². The highest BCUT2D eigenvalue weighted by molar-refractivity contribution is 7.22.